The molecule has 0 unspecified atom stereocenters. The molecule has 1 saturated heterocycles. The summed E-state index contributed by atoms with van der Waals surface area (Å²) in [6, 6.07) is 0. The zero-order chi connectivity index (χ0) is 18.8. The van der Waals surface area contributed by atoms with E-state index < -0.39 is 0 Å². The number of aryl methyl sites for hydroxylation is 2. The summed E-state index contributed by atoms with van der Waals surface area (Å²) in [7, 11) is 2.06. The van der Waals surface area contributed by atoms with Gasteiger partial charge in [0.1, 0.15) is 11.6 Å². The SMILES string of the molecule is CCc1nnc(CN2CCC(c3nnc(Cn4ccnc4C)n3C)CC2)o1. The van der Waals surface area contributed by atoms with Gasteiger partial charge in [-0.3, -0.25) is 4.90 Å². The molecule has 0 spiro atoms. The Bertz CT molecular complexity index is 887. The van der Waals surface area contributed by atoms with Gasteiger partial charge in [0.15, 0.2) is 5.82 Å². The van der Waals surface area contributed by atoms with E-state index in [0.717, 1.165) is 56.4 Å². The van der Waals surface area contributed by atoms with Crippen LogP contribution < -0.4 is 0 Å². The molecule has 9 nitrogen and oxygen atoms in total. The molecular formula is C18H26N8O. The van der Waals surface area contributed by atoms with E-state index in [0.29, 0.717) is 24.2 Å². The lowest BCUT2D eigenvalue weighted by Gasteiger charge is -2.30. The summed E-state index contributed by atoms with van der Waals surface area (Å²) in [6.07, 6.45) is 6.69. The van der Waals surface area contributed by atoms with E-state index in [4.69, 9.17) is 4.42 Å². The van der Waals surface area contributed by atoms with Crippen LogP contribution in [0.3, 0.4) is 0 Å². The van der Waals surface area contributed by atoms with Crippen LogP contribution in [0.5, 0.6) is 0 Å². The third-order valence-corrected chi connectivity index (χ3v) is 5.36. The average molecular weight is 370 g/mol. The molecule has 1 aliphatic rings. The minimum absolute atomic E-state index is 0.435. The van der Waals surface area contributed by atoms with Gasteiger partial charge in [0, 0.05) is 31.8 Å². The zero-order valence-corrected chi connectivity index (χ0v) is 16.2. The predicted octanol–water partition coefficient (Wildman–Crippen LogP) is 1.69. The normalized spacial score (nSPS) is 16.3. The Hall–Kier alpha value is -2.55. The van der Waals surface area contributed by atoms with Gasteiger partial charge in [0.25, 0.3) is 0 Å². The van der Waals surface area contributed by atoms with E-state index in [1.54, 1.807) is 0 Å². The summed E-state index contributed by atoms with van der Waals surface area (Å²) in [4.78, 5) is 6.64. The molecule has 0 bridgehead atoms. The van der Waals surface area contributed by atoms with Gasteiger partial charge < -0.3 is 13.6 Å². The highest BCUT2D eigenvalue weighted by atomic mass is 16.4. The molecule has 27 heavy (non-hydrogen) atoms. The van der Waals surface area contributed by atoms with Crippen LogP contribution in [0.25, 0.3) is 0 Å². The highest BCUT2D eigenvalue weighted by Gasteiger charge is 2.26. The molecule has 3 aromatic heterocycles. The first-order valence-electron chi connectivity index (χ1n) is 9.53. The number of aromatic nitrogens is 7. The molecule has 0 saturated carbocycles. The molecule has 0 aliphatic carbocycles. The van der Waals surface area contributed by atoms with Crippen molar-refractivity contribution < 1.29 is 4.42 Å². The Balaban J connectivity index is 1.36. The van der Waals surface area contributed by atoms with Gasteiger partial charge in [0.2, 0.25) is 11.8 Å². The number of hydrogen-bond donors (Lipinski definition) is 0. The lowest BCUT2D eigenvalue weighted by molar-refractivity contribution is 0.183. The van der Waals surface area contributed by atoms with E-state index in [9.17, 15) is 0 Å². The van der Waals surface area contributed by atoms with Gasteiger partial charge in [-0.15, -0.1) is 20.4 Å². The third kappa shape index (κ3) is 3.78. The fourth-order valence-electron chi connectivity index (χ4n) is 3.63. The van der Waals surface area contributed by atoms with Crippen LogP contribution in [0, 0.1) is 6.92 Å². The van der Waals surface area contributed by atoms with Crippen molar-refractivity contribution in [2.75, 3.05) is 13.1 Å². The molecule has 3 aromatic rings. The fraction of sp³-hybridized carbons (Fsp3) is 0.611. The largest absolute Gasteiger partial charge is 0.424 e. The van der Waals surface area contributed by atoms with E-state index in [2.05, 4.69) is 46.5 Å². The molecule has 0 amide bonds. The first-order valence-corrected chi connectivity index (χ1v) is 9.53. The highest BCUT2D eigenvalue weighted by molar-refractivity contribution is 5.05. The molecule has 0 N–H and O–H groups in total. The fourth-order valence-corrected chi connectivity index (χ4v) is 3.63. The predicted molar refractivity (Wildman–Crippen MR) is 98.0 cm³/mol. The van der Waals surface area contributed by atoms with E-state index in [1.165, 1.54) is 0 Å². The van der Waals surface area contributed by atoms with Crippen LogP contribution >= 0.6 is 0 Å². The van der Waals surface area contributed by atoms with Crippen LogP contribution in [0.2, 0.25) is 0 Å². The number of imidazole rings is 1. The van der Waals surface area contributed by atoms with Crippen LogP contribution in [-0.2, 0) is 26.6 Å². The van der Waals surface area contributed by atoms with Crippen LogP contribution in [0.4, 0.5) is 0 Å². The minimum Gasteiger partial charge on any atom is -0.424 e. The average Bonchev–Trinajstić information content (AvgIpc) is 3.39. The Morgan fingerprint density at radius 3 is 2.52 bits per heavy atom. The van der Waals surface area contributed by atoms with Gasteiger partial charge in [0.05, 0.1) is 13.1 Å². The smallest absolute Gasteiger partial charge is 0.230 e. The van der Waals surface area contributed by atoms with Gasteiger partial charge in [-0.25, -0.2) is 4.98 Å². The van der Waals surface area contributed by atoms with Crippen molar-refractivity contribution >= 4 is 0 Å². The van der Waals surface area contributed by atoms with Gasteiger partial charge >= 0.3 is 0 Å². The Labute approximate surface area is 158 Å². The summed E-state index contributed by atoms with van der Waals surface area (Å²) < 4.78 is 9.86. The first-order chi connectivity index (χ1) is 13.1. The zero-order valence-electron chi connectivity index (χ0n) is 16.2. The van der Waals surface area contributed by atoms with Gasteiger partial charge in [-0.05, 0) is 32.9 Å². The standard InChI is InChI=1S/C18H26N8O/c1-4-16-21-22-17(27-16)12-25-8-5-14(6-9-25)18-23-20-15(24(18)3)11-26-10-7-19-13(26)2/h7,10,14H,4-6,8-9,11-12H2,1-3H3. The van der Waals surface area contributed by atoms with Gasteiger partial charge in [-0.1, -0.05) is 6.92 Å². The van der Waals surface area contributed by atoms with Crippen LogP contribution in [0.1, 0.15) is 54.9 Å². The molecule has 1 aliphatic heterocycles. The van der Waals surface area contributed by atoms with Crippen molar-refractivity contribution in [3.8, 4) is 0 Å². The Kier molecular flexibility index (Phi) is 5.02. The monoisotopic (exact) mass is 370 g/mol. The molecule has 144 valence electrons. The van der Waals surface area contributed by atoms with E-state index >= 15 is 0 Å². The summed E-state index contributed by atoms with van der Waals surface area (Å²) in [5.41, 5.74) is 0. The second kappa shape index (κ2) is 7.59. The second-order valence-electron chi connectivity index (χ2n) is 7.13. The minimum atomic E-state index is 0.435. The lowest BCUT2D eigenvalue weighted by Crippen LogP contribution is -2.33. The topological polar surface area (TPSA) is 90.7 Å². The number of rotatable bonds is 6. The number of hydrogen-bond acceptors (Lipinski definition) is 7. The maximum absolute atomic E-state index is 5.63. The van der Waals surface area contributed by atoms with Crippen molar-refractivity contribution in [2.24, 2.45) is 7.05 Å². The number of nitrogens with zero attached hydrogens (tertiary/aromatic N) is 8. The molecule has 0 radical (unpaired) electrons. The van der Waals surface area contributed by atoms with Crippen molar-refractivity contribution in [3.05, 3.63) is 41.6 Å². The summed E-state index contributed by atoms with van der Waals surface area (Å²) in [6.45, 7) is 7.44. The number of piperidine rings is 1. The van der Waals surface area contributed by atoms with Crippen molar-refractivity contribution in [1.29, 1.82) is 0 Å². The maximum Gasteiger partial charge on any atom is 0.230 e. The van der Waals surface area contributed by atoms with Crippen LogP contribution in [0.15, 0.2) is 16.8 Å². The molecule has 0 aromatic carbocycles. The molecule has 9 heteroatoms. The van der Waals surface area contributed by atoms with Crippen molar-refractivity contribution in [1.82, 2.24) is 39.4 Å². The summed E-state index contributed by atoms with van der Waals surface area (Å²) >= 11 is 0. The third-order valence-electron chi connectivity index (χ3n) is 5.36. The maximum atomic E-state index is 5.63. The molecule has 0 atom stereocenters. The summed E-state index contributed by atoms with van der Waals surface area (Å²) in [5.74, 6) is 4.88. The molecule has 4 rings (SSSR count). The number of likely N-dealkylation sites (tertiary alicyclic amines) is 1. The molecular weight excluding hydrogens is 344 g/mol. The van der Waals surface area contributed by atoms with E-state index in [-0.39, 0.29) is 0 Å². The van der Waals surface area contributed by atoms with Crippen molar-refractivity contribution in [2.45, 2.75) is 52.1 Å². The molecule has 4 heterocycles. The lowest BCUT2D eigenvalue weighted by atomic mass is 9.96. The highest BCUT2D eigenvalue weighted by Crippen LogP contribution is 2.27. The Morgan fingerprint density at radius 1 is 1.07 bits per heavy atom. The second-order valence-corrected chi connectivity index (χ2v) is 7.13. The van der Waals surface area contributed by atoms with Crippen LogP contribution in [-0.4, -0.2) is 52.5 Å². The first kappa shape index (κ1) is 17.8. The Morgan fingerprint density at radius 2 is 1.85 bits per heavy atom. The molecule has 1 fully saturated rings. The summed E-state index contributed by atoms with van der Waals surface area (Å²) in [5, 5.41) is 17.1. The van der Waals surface area contributed by atoms with Crippen molar-refractivity contribution in [3.63, 3.8) is 0 Å². The quantitative estimate of drug-likeness (QED) is 0.652. The van der Waals surface area contributed by atoms with Gasteiger partial charge in [-0.2, -0.15) is 0 Å². The van der Waals surface area contributed by atoms with E-state index in [1.807, 2.05) is 26.2 Å².